The van der Waals surface area contributed by atoms with Crippen molar-refractivity contribution < 1.29 is 23.8 Å². The van der Waals surface area contributed by atoms with Crippen molar-refractivity contribution in [1.82, 2.24) is 4.90 Å². The third-order valence-corrected chi connectivity index (χ3v) is 4.07. The number of hydrogen-bond acceptors (Lipinski definition) is 5. The van der Waals surface area contributed by atoms with Gasteiger partial charge in [-0.1, -0.05) is 13.0 Å². The molecular formula is C19H25NO5. The zero-order valence-electron chi connectivity index (χ0n) is 15.2. The lowest BCUT2D eigenvalue weighted by Gasteiger charge is -2.31. The highest BCUT2D eigenvalue weighted by atomic mass is 16.5. The molecule has 1 aromatic carbocycles. The quantitative estimate of drug-likeness (QED) is 0.710. The third-order valence-electron chi connectivity index (χ3n) is 4.07. The van der Waals surface area contributed by atoms with Crippen LogP contribution in [0.5, 0.6) is 11.5 Å². The molecule has 1 atom stereocenters. The van der Waals surface area contributed by atoms with Crippen LogP contribution in [0.15, 0.2) is 30.0 Å². The summed E-state index contributed by atoms with van der Waals surface area (Å²) in [7, 11) is 3.16. The van der Waals surface area contributed by atoms with Gasteiger partial charge in [-0.2, -0.15) is 0 Å². The lowest BCUT2D eigenvalue weighted by molar-refractivity contribution is -0.143. The number of amides is 1. The molecule has 0 saturated heterocycles. The van der Waals surface area contributed by atoms with Crippen LogP contribution in [-0.2, 0) is 20.9 Å². The minimum absolute atomic E-state index is 0.00725. The summed E-state index contributed by atoms with van der Waals surface area (Å²) < 4.78 is 15.6. The molecule has 0 spiro atoms. The van der Waals surface area contributed by atoms with Gasteiger partial charge in [0.05, 0.1) is 33.8 Å². The maximum absolute atomic E-state index is 12.5. The summed E-state index contributed by atoms with van der Waals surface area (Å²) in [5.41, 5.74) is 1.53. The molecule has 1 aliphatic rings. The van der Waals surface area contributed by atoms with E-state index >= 15 is 0 Å². The summed E-state index contributed by atoms with van der Waals surface area (Å²) in [4.78, 5) is 26.1. The second kappa shape index (κ2) is 8.55. The predicted molar refractivity (Wildman–Crippen MR) is 93.2 cm³/mol. The first-order chi connectivity index (χ1) is 12.0. The molecule has 6 heteroatoms. The number of nitrogens with zero attached hydrogens (tertiary/aromatic N) is 1. The van der Waals surface area contributed by atoms with Crippen LogP contribution in [0.3, 0.4) is 0 Å². The smallest absolute Gasteiger partial charge is 0.311 e. The van der Waals surface area contributed by atoms with Gasteiger partial charge < -0.3 is 19.1 Å². The van der Waals surface area contributed by atoms with Crippen LogP contribution in [0.4, 0.5) is 0 Å². The first-order valence-electron chi connectivity index (χ1n) is 8.36. The Bertz CT molecular complexity index is 668. The van der Waals surface area contributed by atoms with Gasteiger partial charge in [-0.15, -0.1) is 0 Å². The summed E-state index contributed by atoms with van der Waals surface area (Å²) in [5, 5.41) is 0. The number of allylic oxidation sites excluding steroid dienone is 1. The molecule has 0 bridgehead atoms. The molecule has 136 valence electrons. The van der Waals surface area contributed by atoms with Crippen molar-refractivity contribution in [1.29, 1.82) is 0 Å². The molecule has 1 amide bonds. The Labute approximate surface area is 148 Å². The van der Waals surface area contributed by atoms with Crippen molar-refractivity contribution in [2.75, 3.05) is 20.8 Å². The van der Waals surface area contributed by atoms with Gasteiger partial charge in [-0.05, 0) is 25.0 Å². The molecule has 0 unspecified atom stereocenters. The molecule has 0 N–H and O–H groups in total. The van der Waals surface area contributed by atoms with E-state index in [0.717, 1.165) is 5.56 Å². The zero-order chi connectivity index (χ0) is 18.4. The van der Waals surface area contributed by atoms with Gasteiger partial charge in [-0.3, -0.25) is 9.59 Å². The average molecular weight is 347 g/mol. The van der Waals surface area contributed by atoms with E-state index in [1.807, 2.05) is 25.1 Å². The molecule has 1 aliphatic heterocycles. The Kier molecular flexibility index (Phi) is 6.44. The van der Waals surface area contributed by atoms with E-state index in [2.05, 4.69) is 0 Å². The first-order valence-corrected chi connectivity index (χ1v) is 8.36. The molecule has 0 radical (unpaired) electrons. The largest absolute Gasteiger partial charge is 0.497 e. The van der Waals surface area contributed by atoms with Crippen molar-refractivity contribution in [2.45, 2.75) is 33.2 Å². The number of carbonyl (C=O) groups is 2. The van der Waals surface area contributed by atoms with Gasteiger partial charge in [-0.25, -0.2) is 0 Å². The summed E-state index contributed by atoms with van der Waals surface area (Å²) in [5.74, 6) is 1.09. The molecule has 0 aromatic heterocycles. The maximum atomic E-state index is 12.5. The van der Waals surface area contributed by atoms with E-state index in [0.29, 0.717) is 36.8 Å². The summed E-state index contributed by atoms with van der Waals surface area (Å²) >= 11 is 0. The van der Waals surface area contributed by atoms with Crippen LogP contribution in [0.2, 0.25) is 0 Å². The Morgan fingerprint density at radius 3 is 2.68 bits per heavy atom. The number of methoxy groups -OCH3 is 2. The topological polar surface area (TPSA) is 65.1 Å². The molecule has 1 aromatic rings. The summed E-state index contributed by atoms with van der Waals surface area (Å²) in [6, 6.07) is 5.47. The highest BCUT2D eigenvalue weighted by Crippen LogP contribution is 2.30. The van der Waals surface area contributed by atoms with E-state index in [1.54, 1.807) is 32.1 Å². The number of hydrogen-bond donors (Lipinski definition) is 0. The minimum Gasteiger partial charge on any atom is -0.497 e. The van der Waals surface area contributed by atoms with Crippen LogP contribution in [-0.4, -0.2) is 37.6 Å². The predicted octanol–water partition coefficient (Wildman–Crippen LogP) is 2.91. The van der Waals surface area contributed by atoms with Crippen molar-refractivity contribution in [2.24, 2.45) is 5.92 Å². The molecule has 0 saturated carbocycles. The highest BCUT2D eigenvalue weighted by molar-refractivity contribution is 5.82. The van der Waals surface area contributed by atoms with Crippen LogP contribution < -0.4 is 9.47 Å². The standard InChI is InChI=1S/C19H25NO5/c1-5-25-19(22)10-15-8-13(2)9-18(21)20(15)12-14-6-7-16(23-3)11-17(14)24-4/h6-8,11,13H,5,9-10,12H2,1-4H3/t13-/m0/s1. The minimum atomic E-state index is -0.331. The van der Waals surface area contributed by atoms with E-state index in [9.17, 15) is 9.59 Å². The lowest BCUT2D eigenvalue weighted by Crippen LogP contribution is -2.35. The fraction of sp³-hybridized carbons (Fsp3) is 0.474. The van der Waals surface area contributed by atoms with Gasteiger partial charge in [0.25, 0.3) is 0 Å². The second-order valence-electron chi connectivity index (χ2n) is 5.98. The first kappa shape index (κ1) is 18.8. The fourth-order valence-corrected chi connectivity index (χ4v) is 2.88. The zero-order valence-corrected chi connectivity index (χ0v) is 15.2. The average Bonchev–Trinajstić information content (AvgIpc) is 2.58. The molecule has 1 heterocycles. The van der Waals surface area contributed by atoms with Gasteiger partial charge in [0.1, 0.15) is 11.5 Å². The number of benzene rings is 1. The van der Waals surface area contributed by atoms with Gasteiger partial charge >= 0.3 is 5.97 Å². The summed E-state index contributed by atoms with van der Waals surface area (Å²) in [6.07, 6.45) is 2.47. The van der Waals surface area contributed by atoms with E-state index < -0.39 is 0 Å². The van der Waals surface area contributed by atoms with Crippen molar-refractivity contribution in [3.8, 4) is 11.5 Å². The number of esters is 1. The Hall–Kier alpha value is -2.50. The van der Waals surface area contributed by atoms with Gasteiger partial charge in [0.2, 0.25) is 5.91 Å². The van der Waals surface area contributed by atoms with Crippen LogP contribution in [0.25, 0.3) is 0 Å². The monoisotopic (exact) mass is 347 g/mol. The van der Waals surface area contributed by atoms with Crippen LogP contribution in [0.1, 0.15) is 32.3 Å². The molecule has 2 rings (SSSR count). The van der Waals surface area contributed by atoms with Gasteiger partial charge in [0, 0.05) is 23.7 Å². The number of ether oxygens (including phenoxy) is 3. The number of carbonyl (C=O) groups excluding carboxylic acids is 2. The Morgan fingerprint density at radius 1 is 1.28 bits per heavy atom. The summed E-state index contributed by atoms with van der Waals surface area (Å²) in [6.45, 7) is 4.39. The maximum Gasteiger partial charge on any atom is 0.311 e. The van der Waals surface area contributed by atoms with Crippen LogP contribution in [0, 0.1) is 5.92 Å². The molecule has 0 fully saturated rings. The lowest BCUT2D eigenvalue weighted by atomic mass is 9.98. The number of rotatable bonds is 7. The van der Waals surface area contributed by atoms with Crippen molar-refractivity contribution >= 4 is 11.9 Å². The van der Waals surface area contributed by atoms with Crippen molar-refractivity contribution in [3.05, 3.63) is 35.5 Å². The van der Waals surface area contributed by atoms with Crippen LogP contribution >= 0.6 is 0 Å². The van der Waals surface area contributed by atoms with E-state index in [4.69, 9.17) is 14.2 Å². The van der Waals surface area contributed by atoms with E-state index in [1.165, 1.54) is 0 Å². The third kappa shape index (κ3) is 4.75. The van der Waals surface area contributed by atoms with E-state index in [-0.39, 0.29) is 24.2 Å². The highest BCUT2D eigenvalue weighted by Gasteiger charge is 2.28. The molecular weight excluding hydrogens is 322 g/mol. The SMILES string of the molecule is CCOC(=O)CC1=C[C@H](C)CC(=O)N1Cc1ccc(OC)cc1OC. The second-order valence-corrected chi connectivity index (χ2v) is 5.98. The van der Waals surface area contributed by atoms with Crippen molar-refractivity contribution in [3.63, 3.8) is 0 Å². The molecule has 6 nitrogen and oxygen atoms in total. The normalized spacial score (nSPS) is 17.1. The molecule has 0 aliphatic carbocycles. The van der Waals surface area contributed by atoms with Gasteiger partial charge in [0.15, 0.2) is 0 Å². The molecule has 25 heavy (non-hydrogen) atoms. The Morgan fingerprint density at radius 2 is 2.04 bits per heavy atom. The Balaban J connectivity index is 2.26. The fourth-order valence-electron chi connectivity index (χ4n) is 2.88.